The van der Waals surface area contributed by atoms with Crippen molar-refractivity contribution in [3.05, 3.63) is 59.1 Å². The van der Waals surface area contributed by atoms with Gasteiger partial charge in [-0.1, -0.05) is 34.7 Å². The Hall–Kier alpha value is -2.16. The van der Waals surface area contributed by atoms with E-state index in [4.69, 9.17) is 17.3 Å². The fourth-order valence-corrected chi connectivity index (χ4v) is 4.02. The van der Waals surface area contributed by atoms with Crippen LogP contribution in [0.15, 0.2) is 46.8 Å². The zero-order valence-electron chi connectivity index (χ0n) is 13.1. The molecule has 0 fully saturated rings. The number of nitrogens with one attached hydrogen (secondary N) is 1. The number of carbonyl (C=O) groups excluding carboxylic acids is 1. The molecular formula is C17H12ClF2N3OS2. The van der Waals surface area contributed by atoms with Crippen LogP contribution in [-0.2, 0) is 4.79 Å². The monoisotopic (exact) mass is 411 g/mol. The van der Waals surface area contributed by atoms with Crippen LogP contribution < -0.4 is 11.1 Å². The second-order valence-electron chi connectivity index (χ2n) is 5.17. The molecule has 0 aliphatic heterocycles. The first-order valence-corrected chi connectivity index (χ1v) is 9.50. The number of nitrogen functional groups attached to an aromatic ring is 1. The number of carbonyl (C=O) groups is 1. The van der Waals surface area contributed by atoms with E-state index in [1.54, 1.807) is 12.1 Å². The van der Waals surface area contributed by atoms with E-state index in [0.717, 1.165) is 0 Å². The van der Waals surface area contributed by atoms with E-state index in [1.165, 1.54) is 53.4 Å². The number of hydrogen-bond acceptors (Lipinski definition) is 5. The third-order valence-corrected chi connectivity index (χ3v) is 5.60. The summed E-state index contributed by atoms with van der Waals surface area (Å²) in [6.07, 6.45) is 0. The molecule has 0 aliphatic carbocycles. The lowest BCUT2D eigenvalue weighted by Crippen LogP contribution is -2.13. The molecule has 0 bridgehead atoms. The minimum absolute atomic E-state index is 0.0629. The highest BCUT2D eigenvalue weighted by molar-refractivity contribution is 8.01. The number of thiazole rings is 1. The molecule has 1 heterocycles. The number of thioether (sulfide) groups is 1. The molecule has 3 aromatic rings. The zero-order chi connectivity index (χ0) is 18.7. The molecule has 1 aromatic heterocycles. The van der Waals surface area contributed by atoms with Gasteiger partial charge in [0, 0.05) is 11.3 Å². The number of rotatable bonds is 5. The summed E-state index contributed by atoms with van der Waals surface area (Å²) in [6, 6.07) is 9.82. The predicted octanol–water partition coefficient (Wildman–Crippen LogP) is 5.05. The van der Waals surface area contributed by atoms with E-state index in [2.05, 4.69) is 10.3 Å². The summed E-state index contributed by atoms with van der Waals surface area (Å²) in [4.78, 5) is 16.4. The van der Waals surface area contributed by atoms with Gasteiger partial charge in [0.15, 0.2) is 4.34 Å². The zero-order valence-corrected chi connectivity index (χ0v) is 15.5. The minimum Gasteiger partial charge on any atom is -0.389 e. The van der Waals surface area contributed by atoms with Crippen LogP contribution in [0.5, 0.6) is 0 Å². The molecule has 0 unspecified atom stereocenters. The Kier molecular flexibility index (Phi) is 5.75. The maximum Gasteiger partial charge on any atom is 0.234 e. The number of nitrogens with zero attached hydrogens (tertiary/aromatic N) is 1. The average molecular weight is 412 g/mol. The van der Waals surface area contributed by atoms with E-state index in [9.17, 15) is 13.6 Å². The van der Waals surface area contributed by atoms with Crippen LogP contribution in [0, 0.1) is 11.6 Å². The van der Waals surface area contributed by atoms with E-state index >= 15 is 0 Å². The Labute approximate surface area is 161 Å². The first-order valence-electron chi connectivity index (χ1n) is 7.32. The quantitative estimate of drug-likeness (QED) is 0.576. The van der Waals surface area contributed by atoms with Crippen molar-refractivity contribution >= 4 is 51.3 Å². The van der Waals surface area contributed by atoms with Gasteiger partial charge in [-0.2, -0.15) is 0 Å². The van der Waals surface area contributed by atoms with E-state index in [0.29, 0.717) is 26.3 Å². The summed E-state index contributed by atoms with van der Waals surface area (Å²) in [7, 11) is 0. The number of nitrogens with two attached hydrogens (primary N) is 1. The summed E-state index contributed by atoms with van der Waals surface area (Å²) in [5.41, 5.74) is 7.64. The molecule has 0 saturated carbocycles. The van der Waals surface area contributed by atoms with Gasteiger partial charge in [0.2, 0.25) is 5.91 Å². The van der Waals surface area contributed by atoms with Crippen molar-refractivity contribution in [2.24, 2.45) is 0 Å². The van der Waals surface area contributed by atoms with Gasteiger partial charge < -0.3 is 11.1 Å². The number of anilines is 2. The number of hydrogen-bond donors (Lipinski definition) is 2. The Morgan fingerprint density at radius 1 is 1.23 bits per heavy atom. The molecule has 134 valence electrons. The third-order valence-electron chi connectivity index (χ3n) is 3.28. The molecule has 4 nitrogen and oxygen atoms in total. The average Bonchev–Trinajstić information content (AvgIpc) is 2.98. The van der Waals surface area contributed by atoms with Crippen LogP contribution in [0.3, 0.4) is 0 Å². The van der Waals surface area contributed by atoms with E-state index in [-0.39, 0.29) is 22.5 Å². The van der Waals surface area contributed by atoms with Crippen molar-refractivity contribution < 1.29 is 13.6 Å². The molecule has 3 N–H and O–H groups in total. The molecule has 1 amide bonds. The Morgan fingerprint density at radius 2 is 1.96 bits per heavy atom. The second kappa shape index (κ2) is 8.03. The highest BCUT2D eigenvalue weighted by Gasteiger charge is 2.13. The molecule has 0 saturated heterocycles. The molecule has 0 spiro atoms. The topological polar surface area (TPSA) is 68.0 Å². The van der Waals surface area contributed by atoms with Gasteiger partial charge in [-0.25, -0.2) is 13.8 Å². The lowest BCUT2D eigenvalue weighted by molar-refractivity contribution is -0.113. The van der Waals surface area contributed by atoms with Crippen molar-refractivity contribution in [1.82, 2.24) is 4.98 Å². The third kappa shape index (κ3) is 4.51. The molecule has 26 heavy (non-hydrogen) atoms. The van der Waals surface area contributed by atoms with Gasteiger partial charge in [-0.15, -0.1) is 0 Å². The Bertz CT molecular complexity index is 948. The lowest BCUT2D eigenvalue weighted by atomic mass is 10.2. The Balaban J connectivity index is 1.62. The van der Waals surface area contributed by atoms with Crippen molar-refractivity contribution in [3.63, 3.8) is 0 Å². The minimum atomic E-state index is -0.550. The summed E-state index contributed by atoms with van der Waals surface area (Å²) >= 11 is 8.15. The van der Waals surface area contributed by atoms with Gasteiger partial charge in [0.05, 0.1) is 10.8 Å². The first kappa shape index (κ1) is 18.6. The summed E-state index contributed by atoms with van der Waals surface area (Å²) in [5, 5.41) is 3.06. The van der Waals surface area contributed by atoms with E-state index in [1.807, 2.05) is 0 Å². The first-order chi connectivity index (χ1) is 12.4. The van der Waals surface area contributed by atoms with Crippen molar-refractivity contribution in [1.29, 1.82) is 0 Å². The highest BCUT2D eigenvalue weighted by Crippen LogP contribution is 2.35. The molecule has 0 atom stereocenters. The maximum absolute atomic E-state index is 13.1. The van der Waals surface area contributed by atoms with Crippen LogP contribution in [0.25, 0.3) is 11.3 Å². The predicted molar refractivity (Wildman–Crippen MR) is 103 cm³/mol. The summed E-state index contributed by atoms with van der Waals surface area (Å²) in [5.74, 6) is -1.07. The number of amides is 1. The van der Waals surface area contributed by atoms with Gasteiger partial charge in [0.1, 0.15) is 22.3 Å². The molecule has 3 rings (SSSR count). The maximum atomic E-state index is 13.1. The van der Waals surface area contributed by atoms with Crippen LogP contribution >= 0.6 is 34.7 Å². The standard InChI is InChI=1S/C17H12ClF2N3OS2/c18-12-7-11(5-6-13(12)20)22-14(24)8-25-17-23-15(16(21)26-17)9-1-3-10(19)4-2-9/h1-7H,8,21H2,(H,22,24). The van der Waals surface area contributed by atoms with Crippen molar-refractivity contribution in [2.45, 2.75) is 4.34 Å². The van der Waals surface area contributed by atoms with Gasteiger partial charge in [-0.3, -0.25) is 4.79 Å². The fraction of sp³-hybridized carbons (Fsp3) is 0.0588. The number of halogens is 3. The number of aromatic nitrogens is 1. The number of benzene rings is 2. The largest absolute Gasteiger partial charge is 0.389 e. The summed E-state index contributed by atoms with van der Waals surface area (Å²) in [6.45, 7) is 0. The molecule has 9 heteroatoms. The van der Waals surface area contributed by atoms with Gasteiger partial charge in [0.25, 0.3) is 0 Å². The SMILES string of the molecule is Nc1sc(SCC(=O)Nc2ccc(F)c(Cl)c2)nc1-c1ccc(F)cc1. The van der Waals surface area contributed by atoms with Crippen molar-refractivity contribution in [3.8, 4) is 11.3 Å². The fourth-order valence-electron chi connectivity index (χ4n) is 2.09. The normalized spacial score (nSPS) is 10.7. The second-order valence-corrected chi connectivity index (χ2v) is 7.83. The van der Waals surface area contributed by atoms with Crippen LogP contribution in [-0.4, -0.2) is 16.6 Å². The smallest absolute Gasteiger partial charge is 0.234 e. The molecule has 2 aromatic carbocycles. The lowest BCUT2D eigenvalue weighted by Gasteiger charge is -2.05. The van der Waals surface area contributed by atoms with Crippen LogP contribution in [0.2, 0.25) is 5.02 Å². The molecule has 0 radical (unpaired) electrons. The van der Waals surface area contributed by atoms with Gasteiger partial charge >= 0.3 is 0 Å². The van der Waals surface area contributed by atoms with E-state index < -0.39 is 5.82 Å². The van der Waals surface area contributed by atoms with Crippen LogP contribution in [0.1, 0.15) is 0 Å². The van der Waals surface area contributed by atoms with Crippen LogP contribution in [0.4, 0.5) is 19.5 Å². The molecule has 0 aliphatic rings. The highest BCUT2D eigenvalue weighted by atomic mass is 35.5. The van der Waals surface area contributed by atoms with Gasteiger partial charge in [-0.05, 0) is 42.5 Å². The van der Waals surface area contributed by atoms with Crippen molar-refractivity contribution in [2.75, 3.05) is 16.8 Å². The summed E-state index contributed by atoms with van der Waals surface area (Å²) < 4.78 is 26.8. The Morgan fingerprint density at radius 3 is 2.65 bits per heavy atom. The molecular weight excluding hydrogens is 400 g/mol.